The van der Waals surface area contributed by atoms with Crippen molar-refractivity contribution >= 4 is 17.5 Å². The predicted octanol–water partition coefficient (Wildman–Crippen LogP) is 3.93. The minimum Gasteiger partial charge on any atom is -0.491 e. The molecule has 2 aromatic carbocycles. The van der Waals surface area contributed by atoms with Crippen LogP contribution in [0, 0.1) is 17.6 Å². The van der Waals surface area contributed by atoms with Crippen LogP contribution in [0.4, 0.5) is 14.5 Å². The monoisotopic (exact) mass is 489 g/mol. The molecule has 190 valence electrons. The van der Waals surface area contributed by atoms with Gasteiger partial charge in [0.25, 0.3) is 5.91 Å². The Morgan fingerprint density at radius 1 is 1.17 bits per heavy atom. The number of halogens is 2. The van der Waals surface area contributed by atoms with Crippen LogP contribution >= 0.6 is 0 Å². The zero-order valence-corrected chi connectivity index (χ0v) is 20.8. The van der Waals surface area contributed by atoms with Crippen molar-refractivity contribution in [1.82, 2.24) is 9.80 Å². The van der Waals surface area contributed by atoms with Crippen molar-refractivity contribution in [2.45, 2.75) is 39.5 Å². The van der Waals surface area contributed by atoms with E-state index in [0.29, 0.717) is 30.1 Å². The molecule has 0 fully saturated rings. The average Bonchev–Trinajstić information content (AvgIpc) is 2.81. The fraction of sp³-hybridized carbons (Fsp3) is 0.462. The van der Waals surface area contributed by atoms with E-state index in [9.17, 15) is 18.4 Å². The van der Waals surface area contributed by atoms with Crippen LogP contribution in [0.25, 0.3) is 0 Å². The van der Waals surface area contributed by atoms with Crippen LogP contribution in [0.1, 0.15) is 36.7 Å². The van der Waals surface area contributed by atoms with Gasteiger partial charge in [0.05, 0.1) is 11.7 Å². The number of fused-ring (bicyclic) bond motifs is 1. The van der Waals surface area contributed by atoms with E-state index in [-0.39, 0.29) is 48.6 Å². The summed E-state index contributed by atoms with van der Waals surface area (Å²) in [5.74, 6) is -1.12. The second kappa shape index (κ2) is 11.6. The summed E-state index contributed by atoms with van der Waals surface area (Å²) in [5.41, 5.74) is 1.07. The van der Waals surface area contributed by atoms with Gasteiger partial charge in [0.1, 0.15) is 24.0 Å². The van der Waals surface area contributed by atoms with Crippen LogP contribution in [0.5, 0.6) is 5.75 Å². The predicted molar refractivity (Wildman–Crippen MR) is 129 cm³/mol. The average molecular weight is 490 g/mol. The van der Waals surface area contributed by atoms with Gasteiger partial charge < -0.3 is 19.7 Å². The Morgan fingerprint density at radius 3 is 2.60 bits per heavy atom. The van der Waals surface area contributed by atoms with Gasteiger partial charge >= 0.3 is 0 Å². The summed E-state index contributed by atoms with van der Waals surface area (Å²) in [5, 5.41) is 2.69. The van der Waals surface area contributed by atoms with Crippen LogP contribution in [-0.2, 0) is 16.1 Å². The van der Waals surface area contributed by atoms with Gasteiger partial charge in [-0.3, -0.25) is 14.5 Å². The van der Waals surface area contributed by atoms with Crippen molar-refractivity contribution in [3.05, 3.63) is 59.2 Å². The molecular formula is C26H33F2N3O4. The Balaban J connectivity index is 1.96. The van der Waals surface area contributed by atoms with Crippen molar-refractivity contribution < 1.29 is 27.8 Å². The molecule has 3 rings (SSSR count). The van der Waals surface area contributed by atoms with Crippen LogP contribution in [-0.4, -0.2) is 67.6 Å². The number of likely N-dealkylation sites (N-methyl/N-ethyl adjacent to an activating group) is 1. The first-order valence-electron chi connectivity index (χ1n) is 11.6. The maximum Gasteiger partial charge on any atom is 0.257 e. The third-order valence-electron chi connectivity index (χ3n) is 6.28. The van der Waals surface area contributed by atoms with Gasteiger partial charge in [0.15, 0.2) is 0 Å². The Labute approximate surface area is 205 Å². The number of ether oxygens (including phenoxy) is 2. The fourth-order valence-electron chi connectivity index (χ4n) is 4.24. The molecule has 0 aromatic heterocycles. The highest BCUT2D eigenvalue weighted by Crippen LogP contribution is 2.27. The number of nitrogens with zero attached hydrogens (tertiary/aromatic N) is 2. The number of methoxy groups -OCH3 is 1. The van der Waals surface area contributed by atoms with Crippen LogP contribution in [0.15, 0.2) is 36.4 Å². The smallest absolute Gasteiger partial charge is 0.257 e. The topological polar surface area (TPSA) is 71.1 Å². The molecule has 0 bridgehead atoms. The summed E-state index contributed by atoms with van der Waals surface area (Å²) >= 11 is 0. The summed E-state index contributed by atoms with van der Waals surface area (Å²) in [6.45, 7) is 6.58. The molecule has 0 saturated carbocycles. The van der Waals surface area contributed by atoms with Gasteiger partial charge in [0.2, 0.25) is 5.91 Å². The number of benzene rings is 2. The van der Waals surface area contributed by atoms with E-state index < -0.39 is 11.6 Å². The largest absolute Gasteiger partial charge is 0.491 e. The number of nitrogens with one attached hydrogen (secondary N) is 1. The lowest BCUT2D eigenvalue weighted by Gasteiger charge is -2.36. The van der Waals surface area contributed by atoms with Gasteiger partial charge in [-0.1, -0.05) is 6.92 Å². The lowest BCUT2D eigenvalue weighted by molar-refractivity contribution is -0.114. The molecule has 35 heavy (non-hydrogen) atoms. The first-order chi connectivity index (χ1) is 16.6. The molecule has 0 unspecified atom stereocenters. The van der Waals surface area contributed by atoms with Crippen molar-refractivity contribution in [2.75, 3.05) is 39.2 Å². The summed E-state index contributed by atoms with van der Waals surface area (Å²) < 4.78 is 40.0. The maximum absolute atomic E-state index is 14.4. The van der Waals surface area contributed by atoms with Crippen LogP contribution in [0.3, 0.4) is 0 Å². The number of rotatable bonds is 4. The van der Waals surface area contributed by atoms with Gasteiger partial charge in [-0.2, -0.15) is 0 Å². The molecule has 0 spiro atoms. The fourth-order valence-corrected chi connectivity index (χ4v) is 4.24. The Kier molecular flexibility index (Phi) is 8.80. The molecule has 2 aromatic rings. The molecule has 0 radical (unpaired) electrons. The molecule has 1 heterocycles. The van der Waals surface area contributed by atoms with E-state index in [2.05, 4.69) is 5.32 Å². The Hall–Kier alpha value is -3.04. The normalized spacial score (nSPS) is 22.0. The first-order valence-corrected chi connectivity index (χ1v) is 11.6. The van der Waals surface area contributed by atoms with Gasteiger partial charge in [-0.15, -0.1) is 0 Å². The van der Waals surface area contributed by atoms with Crippen molar-refractivity contribution in [1.29, 1.82) is 0 Å². The highest BCUT2D eigenvalue weighted by molar-refractivity contribution is 5.99. The van der Waals surface area contributed by atoms with Gasteiger partial charge in [0, 0.05) is 58.0 Å². The molecule has 9 heteroatoms. The third-order valence-corrected chi connectivity index (χ3v) is 6.28. The summed E-state index contributed by atoms with van der Waals surface area (Å²) in [6, 6.07) is 8.17. The van der Waals surface area contributed by atoms with Crippen molar-refractivity contribution in [3.63, 3.8) is 0 Å². The lowest BCUT2D eigenvalue weighted by Crippen LogP contribution is -2.46. The SMILES string of the molecule is CO[C@@H]1CN(C)C(=O)c2cc(NC(C)=O)ccc2OC[C@H](C)N(Cc2cc(F)ccc2F)C[C@@H]1C. The van der Waals surface area contributed by atoms with E-state index in [1.165, 1.54) is 13.0 Å². The second-order valence-electron chi connectivity index (χ2n) is 9.15. The summed E-state index contributed by atoms with van der Waals surface area (Å²) in [7, 11) is 3.28. The summed E-state index contributed by atoms with van der Waals surface area (Å²) in [6.07, 6.45) is -0.293. The molecule has 7 nitrogen and oxygen atoms in total. The number of carbonyl (C=O) groups is 2. The maximum atomic E-state index is 14.4. The van der Waals surface area contributed by atoms with E-state index in [4.69, 9.17) is 9.47 Å². The van der Waals surface area contributed by atoms with Gasteiger partial charge in [-0.05, 0) is 49.2 Å². The van der Waals surface area contributed by atoms with Crippen molar-refractivity contribution in [3.8, 4) is 5.75 Å². The Morgan fingerprint density at radius 2 is 1.91 bits per heavy atom. The number of anilines is 1. The standard InChI is InChI=1S/C26H33F2N3O4/c1-16-12-31(13-19-10-20(27)6-8-23(19)28)17(2)15-35-24-9-7-21(29-18(3)32)11-22(24)26(33)30(4)14-25(16)34-5/h6-11,16-17,25H,12-15H2,1-5H3,(H,29,32)/t16-,17-,25+/m0/s1. The molecular weight excluding hydrogens is 456 g/mol. The first kappa shape index (κ1) is 26.6. The van der Waals surface area contributed by atoms with Crippen molar-refractivity contribution in [2.24, 2.45) is 5.92 Å². The minimum atomic E-state index is -0.494. The molecule has 2 amide bonds. The number of hydrogen-bond donors (Lipinski definition) is 1. The third kappa shape index (κ3) is 6.76. The molecule has 3 atom stereocenters. The van der Waals surface area contributed by atoms with E-state index in [1.54, 1.807) is 37.3 Å². The molecule has 1 aliphatic rings. The molecule has 1 N–H and O–H groups in total. The highest BCUT2D eigenvalue weighted by atomic mass is 19.1. The highest BCUT2D eigenvalue weighted by Gasteiger charge is 2.29. The zero-order chi connectivity index (χ0) is 25.7. The van der Waals surface area contributed by atoms with E-state index in [0.717, 1.165) is 12.1 Å². The Bertz CT molecular complexity index is 1060. The number of hydrogen-bond acceptors (Lipinski definition) is 5. The molecule has 0 aliphatic carbocycles. The lowest BCUT2D eigenvalue weighted by atomic mass is 10.0. The quantitative estimate of drug-likeness (QED) is 0.705. The summed E-state index contributed by atoms with van der Waals surface area (Å²) in [4.78, 5) is 28.4. The number of amides is 2. The van der Waals surface area contributed by atoms with Crippen LogP contribution in [0.2, 0.25) is 0 Å². The zero-order valence-electron chi connectivity index (χ0n) is 20.8. The van der Waals surface area contributed by atoms with Crippen LogP contribution < -0.4 is 10.1 Å². The van der Waals surface area contributed by atoms with E-state index >= 15 is 0 Å². The second-order valence-corrected chi connectivity index (χ2v) is 9.15. The molecule has 0 saturated heterocycles. The molecule has 1 aliphatic heterocycles. The van der Waals surface area contributed by atoms with Gasteiger partial charge in [-0.25, -0.2) is 8.78 Å². The minimum absolute atomic E-state index is 0.0288. The number of carbonyl (C=O) groups excluding carboxylic acids is 2. The van der Waals surface area contributed by atoms with E-state index in [1.807, 2.05) is 18.7 Å².